The highest BCUT2D eigenvalue weighted by molar-refractivity contribution is 7.78. The van der Waals surface area contributed by atoms with Gasteiger partial charge in [0.25, 0.3) is 0 Å². The first-order valence-electron chi connectivity index (χ1n) is 8.96. The smallest absolute Gasteiger partial charge is 0.123 e. The maximum absolute atomic E-state index is 13.0. The van der Waals surface area contributed by atoms with E-state index in [0.29, 0.717) is 0 Å². The predicted octanol–water partition coefficient (Wildman–Crippen LogP) is 4.22. The van der Waals surface area contributed by atoms with E-state index in [1.165, 1.54) is 57.0 Å². The van der Waals surface area contributed by atoms with Crippen LogP contribution >= 0.6 is 7.26 Å². The summed E-state index contributed by atoms with van der Waals surface area (Å²) in [7, 11) is -0.997. The lowest BCUT2D eigenvalue weighted by Crippen LogP contribution is -3.00. The molecule has 1 rings (SSSR count). The van der Waals surface area contributed by atoms with Crippen molar-refractivity contribution >= 4 is 13.3 Å². The molecule has 0 spiro atoms. The third-order valence-corrected chi connectivity index (χ3v) is 8.73. The van der Waals surface area contributed by atoms with E-state index in [2.05, 4.69) is 32.7 Å². The van der Waals surface area contributed by atoms with E-state index in [9.17, 15) is 4.39 Å². The molecule has 1 aromatic carbocycles. The minimum absolute atomic E-state index is 0. The monoisotopic (exact) mass is 450 g/mol. The summed E-state index contributed by atoms with van der Waals surface area (Å²) in [5.74, 6) is 2.39. The summed E-state index contributed by atoms with van der Waals surface area (Å²) < 4.78 is 13.0. The van der Waals surface area contributed by atoms with E-state index in [0.717, 1.165) is 5.56 Å². The van der Waals surface area contributed by atoms with Crippen molar-refractivity contribution in [3.05, 3.63) is 41.5 Å². The van der Waals surface area contributed by atoms with Crippen LogP contribution in [0.2, 0.25) is 0 Å². The van der Waals surface area contributed by atoms with Crippen LogP contribution in [0.25, 0.3) is 6.08 Å². The van der Waals surface area contributed by atoms with E-state index in [1.54, 1.807) is 12.1 Å². The maximum atomic E-state index is 13.0. The summed E-state index contributed by atoms with van der Waals surface area (Å²) >= 11 is 0. The molecule has 1 aromatic rings. The largest absolute Gasteiger partial charge is 1.00 e. The SMILES string of the molecule is CCCC[P+](/C=C/c1ccc(F)cc1)(CCCC)CCCC.[I-]. The van der Waals surface area contributed by atoms with Gasteiger partial charge in [-0.05, 0) is 43.0 Å². The van der Waals surface area contributed by atoms with Crippen molar-refractivity contribution in [2.24, 2.45) is 0 Å². The fourth-order valence-corrected chi connectivity index (χ4v) is 7.24. The van der Waals surface area contributed by atoms with Crippen LogP contribution in [0.3, 0.4) is 0 Å². The molecule has 0 unspecified atom stereocenters. The van der Waals surface area contributed by atoms with Gasteiger partial charge in [-0.25, -0.2) is 4.39 Å². The van der Waals surface area contributed by atoms with Crippen LogP contribution in [-0.4, -0.2) is 18.5 Å². The Bertz CT molecular complexity index is 406. The lowest BCUT2D eigenvalue weighted by Gasteiger charge is -2.24. The minimum Gasteiger partial charge on any atom is -1.00 e. The van der Waals surface area contributed by atoms with E-state index in [1.807, 2.05) is 12.1 Å². The molecule has 23 heavy (non-hydrogen) atoms. The van der Waals surface area contributed by atoms with Crippen LogP contribution < -0.4 is 24.0 Å². The van der Waals surface area contributed by atoms with Crippen molar-refractivity contribution in [1.82, 2.24) is 0 Å². The van der Waals surface area contributed by atoms with Gasteiger partial charge in [-0.1, -0.05) is 52.2 Å². The Morgan fingerprint density at radius 3 is 1.65 bits per heavy atom. The van der Waals surface area contributed by atoms with Crippen molar-refractivity contribution < 1.29 is 28.4 Å². The van der Waals surface area contributed by atoms with Crippen molar-refractivity contribution in [3.63, 3.8) is 0 Å². The fraction of sp³-hybridized carbons (Fsp3) is 0.600. The van der Waals surface area contributed by atoms with Crippen molar-refractivity contribution in [3.8, 4) is 0 Å². The molecule has 0 saturated carbocycles. The molecule has 0 aliphatic rings. The second-order valence-electron chi connectivity index (χ2n) is 6.32. The van der Waals surface area contributed by atoms with Crippen LogP contribution in [0.15, 0.2) is 30.1 Å². The number of hydrogen-bond acceptors (Lipinski definition) is 0. The standard InChI is InChI=1S/C20H33FP.HI/c1-4-7-15-22(16-8-5-2,17-9-6-3)18-14-19-10-12-20(21)13-11-19;/h10-14,18H,4-9,15-17H2,1-3H3;1H/q+1;/p-1/b18-14+;. The van der Waals surface area contributed by atoms with Gasteiger partial charge in [-0.3, -0.25) is 0 Å². The van der Waals surface area contributed by atoms with Crippen LogP contribution in [0.4, 0.5) is 4.39 Å². The van der Waals surface area contributed by atoms with Crippen LogP contribution in [0, 0.1) is 5.82 Å². The summed E-state index contributed by atoms with van der Waals surface area (Å²) in [5, 5.41) is 0. The highest BCUT2D eigenvalue weighted by atomic mass is 127. The van der Waals surface area contributed by atoms with E-state index < -0.39 is 7.26 Å². The van der Waals surface area contributed by atoms with Gasteiger partial charge in [0, 0.05) is 7.26 Å². The van der Waals surface area contributed by atoms with Gasteiger partial charge in [0.05, 0.1) is 24.3 Å². The Kier molecular flexibility index (Phi) is 13.4. The molecular weight excluding hydrogens is 417 g/mol. The molecule has 0 N–H and O–H groups in total. The van der Waals surface area contributed by atoms with Gasteiger partial charge in [0.2, 0.25) is 0 Å². The van der Waals surface area contributed by atoms with Gasteiger partial charge in [-0.15, -0.1) is 0 Å². The maximum Gasteiger partial charge on any atom is 0.123 e. The first-order valence-corrected chi connectivity index (χ1v) is 11.4. The zero-order valence-corrected chi connectivity index (χ0v) is 18.1. The molecule has 0 atom stereocenters. The van der Waals surface area contributed by atoms with E-state index >= 15 is 0 Å². The van der Waals surface area contributed by atoms with E-state index in [-0.39, 0.29) is 29.8 Å². The number of hydrogen-bond donors (Lipinski definition) is 0. The van der Waals surface area contributed by atoms with Crippen LogP contribution in [-0.2, 0) is 0 Å². The van der Waals surface area contributed by atoms with Crippen molar-refractivity contribution in [1.29, 1.82) is 0 Å². The number of halogens is 2. The predicted molar refractivity (Wildman–Crippen MR) is 102 cm³/mol. The second kappa shape index (κ2) is 13.4. The molecule has 0 saturated heterocycles. The average Bonchev–Trinajstić information content (AvgIpc) is 2.55. The summed E-state index contributed by atoms with van der Waals surface area (Å²) in [4.78, 5) is 0. The minimum atomic E-state index is -0.997. The summed E-state index contributed by atoms with van der Waals surface area (Å²) in [6.45, 7) is 6.87. The molecule has 0 fully saturated rings. The highest BCUT2D eigenvalue weighted by Gasteiger charge is 2.32. The topological polar surface area (TPSA) is 0 Å². The first kappa shape index (κ1) is 23.1. The lowest BCUT2D eigenvalue weighted by atomic mass is 10.2. The lowest BCUT2D eigenvalue weighted by molar-refractivity contribution is -0.00000541. The van der Waals surface area contributed by atoms with E-state index in [4.69, 9.17) is 0 Å². The Morgan fingerprint density at radius 1 is 0.826 bits per heavy atom. The normalized spacial score (nSPS) is 11.7. The zero-order valence-electron chi connectivity index (χ0n) is 15.0. The van der Waals surface area contributed by atoms with Crippen LogP contribution in [0.1, 0.15) is 64.9 Å². The van der Waals surface area contributed by atoms with Gasteiger partial charge in [0.15, 0.2) is 0 Å². The quantitative estimate of drug-likeness (QED) is 0.350. The van der Waals surface area contributed by atoms with Gasteiger partial charge in [0.1, 0.15) is 5.82 Å². The molecule has 0 radical (unpaired) electrons. The molecule has 0 nitrogen and oxygen atoms in total. The van der Waals surface area contributed by atoms with Crippen molar-refractivity contribution in [2.45, 2.75) is 59.3 Å². The molecule has 0 aliphatic carbocycles. The molecule has 3 heteroatoms. The number of rotatable bonds is 11. The van der Waals surface area contributed by atoms with Gasteiger partial charge >= 0.3 is 0 Å². The average molecular weight is 450 g/mol. The Labute approximate surface area is 160 Å². The first-order chi connectivity index (χ1) is 10.7. The van der Waals surface area contributed by atoms with Gasteiger partial charge in [-0.2, -0.15) is 0 Å². The highest BCUT2D eigenvalue weighted by Crippen LogP contribution is 2.62. The molecular formula is C20H33FIP. The Morgan fingerprint density at radius 2 is 1.26 bits per heavy atom. The fourth-order valence-electron chi connectivity index (χ4n) is 2.80. The molecule has 132 valence electrons. The Hall–Kier alpha value is 0.0500. The summed E-state index contributed by atoms with van der Waals surface area (Å²) in [5.41, 5.74) is 1.13. The number of benzene rings is 1. The molecule has 0 aromatic heterocycles. The molecule has 0 amide bonds. The zero-order chi connectivity index (χ0) is 16.3. The second-order valence-corrected chi connectivity index (χ2v) is 10.4. The Balaban J connectivity index is 0.00000484. The van der Waals surface area contributed by atoms with Gasteiger partial charge < -0.3 is 24.0 Å². The molecule has 0 heterocycles. The summed E-state index contributed by atoms with van der Waals surface area (Å²) in [6.07, 6.45) is 14.3. The number of unbranched alkanes of at least 4 members (excludes halogenated alkanes) is 3. The summed E-state index contributed by atoms with van der Waals surface area (Å²) in [6, 6.07) is 6.90. The third kappa shape index (κ3) is 9.19. The van der Waals surface area contributed by atoms with Crippen molar-refractivity contribution in [2.75, 3.05) is 18.5 Å². The van der Waals surface area contributed by atoms with Crippen LogP contribution in [0.5, 0.6) is 0 Å². The molecule has 0 bridgehead atoms. The third-order valence-electron chi connectivity index (χ3n) is 4.32. The molecule has 0 aliphatic heterocycles.